The molecule has 3 fully saturated rings. The third-order valence-corrected chi connectivity index (χ3v) is 11.2. The fraction of sp³-hybridized carbons (Fsp3) is 0.459. The Morgan fingerprint density at radius 1 is 0.500 bits per heavy atom. The second-order valence-corrected chi connectivity index (χ2v) is 14.3. The molecule has 17 heteroatoms. The zero-order valence-electron chi connectivity index (χ0n) is 28.2. The van der Waals surface area contributed by atoms with Crippen molar-refractivity contribution in [3.05, 3.63) is 96.1 Å². The van der Waals surface area contributed by atoms with Crippen LogP contribution in [-0.4, -0.2) is 163 Å². The number of hydrogen-bond acceptors (Lipinski definition) is 17. The van der Waals surface area contributed by atoms with Gasteiger partial charge in [0.05, 0.1) is 6.61 Å². The molecule has 3 aliphatic rings. The monoisotopic (exact) mass is 758 g/mol. The van der Waals surface area contributed by atoms with Crippen molar-refractivity contribution < 1.29 is 85.7 Å². The summed E-state index contributed by atoms with van der Waals surface area (Å²) in [6.45, 7) is -1.38. The molecule has 54 heavy (non-hydrogen) atoms. The molecule has 4 aromatic rings. The first kappa shape index (κ1) is 39.0. The summed E-state index contributed by atoms with van der Waals surface area (Å²) in [6.07, 6.45) is -29.2. The number of aliphatic hydroxyl groups is 14. The van der Waals surface area contributed by atoms with Crippen molar-refractivity contribution in [2.45, 2.75) is 96.2 Å². The fourth-order valence-corrected chi connectivity index (χ4v) is 8.39. The first-order chi connectivity index (χ1) is 25.4. The number of hydrogen-bond donors (Lipinski definition) is 14. The summed E-state index contributed by atoms with van der Waals surface area (Å²) in [6, 6.07) is 21.6. The summed E-state index contributed by atoms with van der Waals surface area (Å²) >= 11 is 0. The largest absolute Gasteiger partial charge is 0.387 e. The number of ether oxygens (including phenoxy) is 3. The second-order valence-electron chi connectivity index (χ2n) is 14.3. The maximum absolute atomic E-state index is 12.5. The van der Waals surface area contributed by atoms with Crippen LogP contribution >= 0.6 is 0 Å². The van der Waals surface area contributed by atoms with Crippen LogP contribution in [0.1, 0.15) is 11.1 Å². The van der Waals surface area contributed by atoms with Crippen molar-refractivity contribution >= 4 is 21.5 Å². The third-order valence-electron chi connectivity index (χ3n) is 11.2. The molecule has 4 aromatic carbocycles. The quantitative estimate of drug-likeness (QED) is 0.0830. The van der Waals surface area contributed by atoms with Gasteiger partial charge in [-0.15, -0.1) is 0 Å². The van der Waals surface area contributed by atoms with Gasteiger partial charge in [-0.2, -0.15) is 0 Å². The van der Waals surface area contributed by atoms with Gasteiger partial charge in [-0.1, -0.05) is 84.9 Å². The van der Waals surface area contributed by atoms with E-state index < -0.39 is 103 Å². The molecule has 0 radical (unpaired) electrons. The highest BCUT2D eigenvalue weighted by Crippen LogP contribution is 2.52. The highest BCUT2D eigenvalue weighted by Gasteiger charge is 2.73. The van der Waals surface area contributed by atoms with Crippen molar-refractivity contribution in [1.82, 2.24) is 0 Å². The molecule has 3 saturated heterocycles. The molecule has 0 aromatic heterocycles. The SMILES string of the molecule is OC(O)[C@H]1O[C@@H]([C@@]2(O)CO[C@@](O)([C@@H]3O[C@H](C(O)O)[C@H](O)[C@H](O)[C@]3(O)c3cccc4ccccc34)[C@H](O)[C@H]2O)[C@@](O)(c2cccc3ccccc23)[C@@H](O)[C@H]1O. The predicted octanol–water partition coefficient (Wildman–Crippen LogP) is -4.16. The molecule has 14 N–H and O–H groups in total. The van der Waals surface area contributed by atoms with Crippen LogP contribution in [0.2, 0.25) is 0 Å². The molecule has 7 rings (SSSR count). The Bertz CT molecular complexity index is 1840. The summed E-state index contributed by atoms with van der Waals surface area (Å²) in [5.74, 6) is -3.42. The maximum Gasteiger partial charge on any atom is 0.225 e. The summed E-state index contributed by atoms with van der Waals surface area (Å²) in [5.41, 5.74) is -9.48. The topological polar surface area (TPSA) is 311 Å². The lowest BCUT2D eigenvalue weighted by atomic mass is 9.65. The van der Waals surface area contributed by atoms with E-state index in [1.807, 2.05) is 0 Å². The molecule has 17 nitrogen and oxygen atoms in total. The van der Waals surface area contributed by atoms with Crippen molar-refractivity contribution in [3.63, 3.8) is 0 Å². The van der Waals surface area contributed by atoms with Crippen LogP contribution in [0.15, 0.2) is 84.9 Å². The van der Waals surface area contributed by atoms with Gasteiger partial charge in [0.1, 0.15) is 66.1 Å². The van der Waals surface area contributed by atoms with Crippen LogP contribution in [0.3, 0.4) is 0 Å². The van der Waals surface area contributed by atoms with E-state index in [-0.39, 0.29) is 21.9 Å². The minimum absolute atomic E-state index is 0.184. The normalized spacial score (nSPS) is 41.9. The second kappa shape index (κ2) is 13.7. The molecule has 3 aliphatic heterocycles. The molecule has 0 unspecified atom stereocenters. The third kappa shape index (κ3) is 5.52. The Balaban J connectivity index is 1.36. The molecular weight excluding hydrogens is 716 g/mol. The van der Waals surface area contributed by atoms with Crippen LogP contribution in [0.4, 0.5) is 0 Å². The van der Waals surface area contributed by atoms with E-state index in [4.69, 9.17) is 14.2 Å². The summed E-state index contributed by atoms with van der Waals surface area (Å²) < 4.78 is 17.0. The Kier molecular flexibility index (Phi) is 9.91. The smallest absolute Gasteiger partial charge is 0.225 e. The van der Waals surface area contributed by atoms with E-state index in [1.165, 1.54) is 36.4 Å². The van der Waals surface area contributed by atoms with Crippen LogP contribution < -0.4 is 0 Å². The average molecular weight is 759 g/mol. The molecular formula is C37H42O17. The minimum atomic E-state index is -3.42. The first-order valence-corrected chi connectivity index (χ1v) is 17.1. The highest BCUT2D eigenvalue weighted by molar-refractivity contribution is 5.87. The van der Waals surface area contributed by atoms with Crippen LogP contribution in [0.25, 0.3) is 21.5 Å². The molecule has 0 aliphatic carbocycles. The van der Waals surface area contributed by atoms with Crippen LogP contribution in [0, 0.1) is 0 Å². The highest BCUT2D eigenvalue weighted by atomic mass is 16.7. The number of benzene rings is 4. The van der Waals surface area contributed by atoms with E-state index in [1.54, 1.807) is 48.5 Å². The fourth-order valence-electron chi connectivity index (χ4n) is 8.39. The Morgan fingerprint density at radius 2 is 0.907 bits per heavy atom. The van der Waals surface area contributed by atoms with Gasteiger partial charge >= 0.3 is 0 Å². The molecule has 292 valence electrons. The van der Waals surface area contributed by atoms with Crippen molar-refractivity contribution in [1.29, 1.82) is 0 Å². The molecule has 0 spiro atoms. The van der Waals surface area contributed by atoms with Crippen LogP contribution in [0.5, 0.6) is 0 Å². The lowest BCUT2D eigenvalue weighted by molar-refractivity contribution is -0.440. The standard InChI is InChI=1S/C37H42O17/c38-22-24(30(44)45)53-32(35(49,26(22)40)20-13-5-9-16-7-1-3-11-18(16)20)34(48)15-52-37(51,29(43)28(34)42)33-36(50,27(41)23(39)25(54-33)31(46)47)21-14-6-10-17-8-2-4-12-19(17)21/h1-14,22-33,38-51H,15H2/t22-,23-,24-,25-,26-,27-,28+,29+,32-,33+,34+,35+,36+,37+/m0/s1. The lowest BCUT2D eigenvalue weighted by Gasteiger charge is -2.60. The lowest BCUT2D eigenvalue weighted by Crippen LogP contribution is -2.82. The van der Waals surface area contributed by atoms with Gasteiger partial charge in [-0.05, 0) is 32.7 Å². The van der Waals surface area contributed by atoms with E-state index in [9.17, 15) is 71.5 Å². The van der Waals surface area contributed by atoms with Crippen molar-refractivity contribution in [3.8, 4) is 0 Å². The van der Waals surface area contributed by atoms with E-state index in [2.05, 4.69) is 0 Å². The molecule has 14 atom stereocenters. The van der Waals surface area contributed by atoms with Gasteiger partial charge < -0.3 is 85.7 Å². The Morgan fingerprint density at radius 3 is 1.37 bits per heavy atom. The van der Waals surface area contributed by atoms with E-state index >= 15 is 0 Å². The number of aliphatic hydroxyl groups excluding tert-OH is 8. The number of rotatable bonds is 6. The van der Waals surface area contributed by atoms with Crippen LogP contribution in [-0.2, 0) is 25.4 Å². The Hall–Kier alpha value is -3.28. The van der Waals surface area contributed by atoms with E-state index in [0.717, 1.165) is 0 Å². The molecule has 3 heterocycles. The van der Waals surface area contributed by atoms with Crippen molar-refractivity contribution in [2.24, 2.45) is 0 Å². The van der Waals surface area contributed by atoms with E-state index in [0.29, 0.717) is 10.8 Å². The van der Waals surface area contributed by atoms with Gasteiger partial charge in [-0.3, -0.25) is 0 Å². The van der Waals surface area contributed by atoms with Gasteiger partial charge in [0, 0.05) is 0 Å². The zero-order valence-corrected chi connectivity index (χ0v) is 28.2. The van der Waals surface area contributed by atoms with Gasteiger partial charge in [0.25, 0.3) is 0 Å². The first-order valence-electron chi connectivity index (χ1n) is 17.1. The predicted molar refractivity (Wildman–Crippen MR) is 181 cm³/mol. The minimum Gasteiger partial charge on any atom is -0.387 e. The molecule has 0 saturated carbocycles. The van der Waals surface area contributed by atoms with Gasteiger partial charge in [0.2, 0.25) is 5.79 Å². The average Bonchev–Trinajstić information content (AvgIpc) is 3.16. The number of fused-ring (bicyclic) bond motifs is 2. The summed E-state index contributed by atoms with van der Waals surface area (Å²) in [5, 5.41) is 160. The molecule has 0 amide bonds. The summed E-state index contributed by atoms with van der Waals surface area (Å²) in [4.78, 5) is 0. The van der Waals surface area contributed by atoms with Gasteiger partial charge in [0.15, 0.2) is 24.3 Å². The Labute approximate surface area is 305 Å². The zero-order chi connectivity index (χ0) is 39.1. The molecule has 0 bridgehead atoms. The van der Waals surface area contributed by atoms with Gasteiger partial charge in [-0.25, -0.2) is 0 Å². The maximum atomic E-state index is 12.5. The summed E-state index contributed by atoms with van der Waals surface area (Å²) in [7, 11) is 0. The van der Waals surface area contributed by atoms with Crippen molar-refractivity contribution in [2.75, 3.05) is 6.61 Å².